The van der Waals surface area contributed by atoms with Crippen LogP contribution in [0.15, 0.2) is 18.2 Å². The first kappa shape index (κ1) is 13.3. The maximum absolute atomic E-state index is 11.4. The number of nitrogens with two attached hydrogens (primary N) is 1. The number of carbonyl (C=O) groups excluding carboxylic acids is 1. The Kier molecular flexibility index (Phi) is 4.78. The Bertz CT molecular complexity index is 393. The highest BCUT2D eigenvalue weighted by Gasteiger charge is 2.09. The zero-order valence-corrected chi connectivity index (χ0v) is 10.3. The lowest BCUT2D eigenvalue weighted by Gasteiger charge is -2.14. The van der Waals surface area contributed by atoms with E-state index in [-0.39, 0.29) is 12.1 Å². The number of ether oxygens (including phenoxy) is 2. The van der Waals surface area contributed by atoms with Crippen molar-refractivity contribution < 1.29 is 14.3 Å². The Balaban J connectivity index is 2.80. The molecule has 0 amide bonds. The molecule has 0 radical (unpaired) electrons. The molecule has 0 bridgehead atoms. The topological polar surface area (TPSA) is 73.6 Å². The molecule has 94 valence electrons. The molecule has 0 saturated carbocycles. The zero-order valence-electron chi connectivity index (χ0n) is 10.3. The van der Waals surface area contributed by atoms with Crippen LogP contribution in [0.5, 0.6) is 0 Å². The van der Waals surface area contributed by atoms with E-state index in [1.807, 2.05) is 6.92 Å². The third-order valence-corrected chi connectivity index (χ3v) is 2.46. The van der Waals surface area contributed by atoms with Crippen LogP contribution in [0.25, 0.3) is 0 Å². The maximum atomic E-state index is 11.4. The molecule has 1 aromatic carbocycles. The van der Waals surface area contributed by atoms with E-state index in [9.17, 15) is 4.79 Å². The quantitative estimate of drug-likeness (QED) is 0.600. The minimum Gasteiger partial charge on any atom is -0.465 e. The molecular weight excluding hydrogens is 220 g/mol. The van der Waals surface area contributed by atoms with Crippen LogP contribution in [0.1, 0.15) is 17.3 Å². The minimum atomic E-state index is -0.382. The Morgan fingerprint density at radius 2 is 2.18 bits per heavy atom. The van der Waals surface area contributed by atoms with Gasteiger partial charge in [-0.1, -0.05) is 0 Å². The predicted molar refractivity (Wildman–Crippen MR) is 67.2 cm³/mol. The summed E-state index contributed by atoms with van der Waals surface area (Å²) in [6.45, 7) is 2.55. The molecule has 1 atom stereocenters. The van der Waals surface area contributed by atoms with Gasteiger partial charge in [0.2, 0.25) is 0 Å². The minimum absolute atomic E-state index is 0.0659. The molecule has 1 aromatic rings. The number of carbonyl (C=O) groups is 1. The number of esters is 1. The Hall–Kier alpha value is -1.75. The fourth-order valence-electron chi connectivity index (χ4n) is 1.29. The molecule has 0 heterocycles. The predicted octanol–water partition coefficient (Wildman–Crippen LogP) is 1.50. The number of anilines is 2. The van der Waals surface area contributed by atoms with E-state index in [1.165, 1.54) is 7.11 Å². The molecule has 0 aromatic heterocycles. The summed E-state index contributed by atoms with van der Waals surface area (Å²) < 4.78 is 9.76. The molecule has 0 saturated heterocycles. The summed E-state index contributed by atoms with van der Waals surface area (Å²) in [5.41, 5.74) is 7.56. The smallest absolute Gasteiger partial charge is 0.337 e. The standard InChI is InChI=1S/C12H18N2O3/c1-8(16-2)7-14-11-6-9(12(15)17-3)4-5-10(11)13/h4-6,8,14H,7,13H2,1-3H3. The van der Waals surface area contributed by atoms with E-state index < -0.39 is 0 Å². The molecule has 5 heteroatoms. The summed E-state index contributed by atoms with van der Waals surface area (Å²) in [6.07, 6.45) is 0.0659. The lowest BCUT2D eigenvalue weighted by atomic mass is 10.1. The summed E-state index contributed by atoms with van der Waals surface area (Å²) in [6, 6.07) is 4.97. The molecule has 17 heavy (non-hydrogen) atoms. The van der Waals surface area contributed by atoms with Crippen LogP contribution in [-0.2, 0) is 9.47 Å². The van der Waals surface area contributed by atoms with Gasteiger partial charge in [0.15, 0.2) is 0 Å². The van der Waals surface area contributed by atoms with Gasteiger partial charge in [-0.25, -0.2) is 4.79 Å². The monoisotopic (exact) mass is 238 g/mol. The van der Waals surface area contributed by atoms with E-state index in [4.69, 9.17) is 10.5 Å². The normalized spacial score (nSPS) is 11.9. The van der Waals surface area contributed by atoms with Crippen LogP contribution in [0, 0.1) is 0 Å². The molecule has 5 nitrogen and oxygen atoms in total. The largest absolute Gasteiger partial charge is 0.465 e. The highest BCUT2D eigenvalue weighted by Crippen LogP contribution is 2.20. The number of nitrogen functional groups attached to an aromatic ring is 1. The summed E-state index contributed by atoms with van der Waals surface area (Å²) >= 11 is 0. The highest BCUT2D eigenvalue weighted by molar-refractivity contribution is 5.91. The van der Waals surface area contributed by atoms with E-state index in [1.54, 1.807) is 25.3 Å². The van der Waals surface area contributed by atoms with Crippen LogP contribution in [0.3, 0.4) is 0 Å². The molecule has 0 spiro atoms. The Morgan fingerprint density at radius 3 is 2.76 bits per heavy atom. The second-order valence-corrected chi connectivity index (χ2v) is 3.72. The van der Waals surface area contributed by atoms with Gasteiger partial charge in [0.1, 0.15) is 0 Å². The first-order chi connectivity index (χ1) is 8.08. The van der Waals surface area contributed by atoms with E-state index in [0.717, 1.165) is 0 Å². The number of nitrogens with one attached hydrogen (secondary N) is 1. The second kappa shape index (κ2) is 6.10. The first-order valence-corrected chi connectivity index (χ1v) is 5.33. The van der Waals surface area contributed by atoms with Crippen molar-refractivity contribution in [1.82, 2.24) is 0 Å². The lowest BCUT2D eigenvalue weighted by Crippen LogP contribution is -2.19. The Morgan fingerprint density at radius 1 is 1.47 bits per heavy atom. The number of rotatable bonds is 5. The zero-order chi connectivity index (χ0) is 12.8. The van der Waals surface area contributed by atoms with E-state index in [0.29, 0.717) is 23.5 Å². The number of methoxy groups -OCH3 is 2. The van der Waals surface area contributed by atoms with Crippen LogP contribution in [0.4, 0.5) is 11.4 Å². The molecule has 0 aliphatic carbocycles. The van der Waals surface area contributed by atoms with Gasteiger partial charge in [-0.15, -0.1) is 0 Å². The van der Waals surface area contributed by atoms with Gasteiger partial charge >= 0.3 is 5.97 Å². The van der Waals surface area contributed by atoms with Gasteiger partial charge in [-0.05, 0) is 25.1 Å². The van der Waals surface area contributed by atoms with Gasteiger partial charge in [0.25, 0.3) is 0 Å². The highest BCUT2D eigenvalue weighted by atomic mass is 16.5. The third-order valence-electron chi connectivity index (χ3n) is 2.46. The molecule has 0 aliphatic rings. The molecule has 1 unspecified atom stereocenters. The average Bonchev–Trinajstić information content (AvgIpc) is 2.36. The SMILES string of the molecule is COC(=O)c1ccc(N)c(NCC(C)OC)c1. The number of benzene rings is 1. The van der Waals surface area contributed by atoms with Crippen molar-refractivity contribution in [2.75, 3.05) is 31.8 Å². The van der Waals surface area contributed by atoms with Gasteiger partial charge in [0, 0.05) is 13.7 Å². The van der Waals surface area contributed by atoms with Gasteiger partial charge in [0.05, 0.1) is 30.2 Å². The van der Waals surface area contributed by atoms with Crippen molar-refractivity contribution >= 4 is 17.3 Å². The van der Waals surface area contributed by atoms with Crippen LogP contribution in [0.2, 0.25) is 0 Å². The van der Waals surface area contributed by atoms with Crippen molar-refractivity contribution in [3.8, 4) is 0 Å². The van der Waals surface area contributed by atoms with Crippen LogP contribution in [-0.4, -0.2) is 32.8 Å². The number of hydrogen-bond donors (Lipinski definition) is 2. The second-order valence-electron chi connectivity index (χ2n) is 3.72. The van der Waals surface area contributed by atoms with Gasteiger partial charge in [-0.2, -0.15) is 0 Å². The van der Waals surface area contributed by atoms with Crippen molar-refractivity contribution in [3.05, 3.63) is 23.8 Å². The molecule has 1 rings (SSSR count). The summed E-state index contributed by atoms with van der Waals surface area (Å²) in [4.78, 5) is 11.4. The maximum Gasteiger partial charge on any atom is 0.337 e. The van der Waals surface area contributed by atoms with Gasteiger partial charge in [-0.3, -0.25) is 0 Å². The first-order valence-electron chi connectivity index (χ1n) is 5.33. The van der Waals surface area contributed by atoms with E-state index in [2.05, 4.69) is 10.1 Å². The fraction of sp³-hybridized carbons (Fsp3) is 0.417. The van der Waals surface area contributed by atoms with Gasteiger partial charge < -0.3 is 20.5 Å². The summed E-state index contributed by atoms with van der Waals surface area (Å²) in [5, 5.41) is 3.13. The van der Waals surface area contributed by atoms with Crippen molar-refractivity contribution in [2.45, 2.75) is 13.0 Å². The lowest BCUT2D eigenvalue weighted by molar-refractivity contribution is 0.0601. The molecular formula is C12H18N2O3. The Labute approximate surface area is 101 Å². The van der Waals surface area contributed by atoms with Crippen molar-refractivity contribution in [2.24, 2.45) is 0 Å². The average molecular weight is 238 g/mol. The molecule has 3 N–H and O–H groups in total. The third kappa shape index (κ3) is 3.64. The van der Waals surface area contributed by atoms with Crippen LogP contribution >= 0.6 is 0 Å². The fourth-order valence-corrected chi connectivity index (χ4v) is 1.29. The summed E-state index contributed by atoms with van der Waals surface area (Å²) in [7, 11) is 2.99. The molecule has 0 fully saturated rings. The van der Waals surface area contributed by atoms with E-state index >= 15 is 0 Å². The summed E-state index contributed by atoms with van der Waals surface area (Å²) in [5.74, 6) is -0.382. The number of hydrogen-bond acceptors (Lipinski definition) is 5. The molecule has 0 aliphatic heterocycles. The van der Waals surface area contributed by atoms with Crippen molar-refractivity contribution in [1.29, 1.82) is 0 Å². The van der Waals surface area contributed by atoms with Crippen LogP contribution < -0.4 is 11.1 Å². The van der Waals surface area contributed by atoms with Crippen molar-refractivity contribution in [3.63, 3.8) is 0 Å².